The lowest BCUT2D eigenvalue weighted by Crippen LogP contribution is -2.31. The molecular weight excluding hydrogens is 210 g/mol. The molecule has 3 rings (SSSR count). The molecule has 1 aliphatic heterocycles. The van der Waals surface area contributed by atoms with Gasteiger partial charge in [-0.3, -0.25) is 4.68 Å². The zero-order valence-electron chi connectivity index (χ0n) is 10.6. The summed E-state index contributed by atoms with van der Waals surface area (Å²) in [5, 5.41) is 6.03. The predicted octanol–water partition coefficient (Wildman–Crippen LogP) is 2.61. The van der Waals surface area contributed by atoms with Crippen LogP contribution in [0.2, 0.25) is 0 Å². The third-order valence-electron chi connectivity index (χ3n) is 3.83. The second-order valence-corrected chi connectivity index (χ2v) is 5.08. The third kappa shape index (κ3) is 1.84. The lowest BCUT2D eigenvalue weighted by Gasteiger charge is -2.29. The average Bonchev–Trinajstić information content (AvgIpc) is 2.69. The fourth-order valence-electron chi connectivity index (χ4n) is 2.77. The Hall–Kier alpha value is -1.35. The number of hydrogen-bond donors (Lipinski definition) is 0. The van der Waals surface area contributed by atoms with Gasteiger partial charge in [0, 0.05) is 5.39 Å². The van der Waals surface area contributed by atoms with Crippen LogP contribution < -0.4 is 0 Å². The highest BCUT2D eigenvalue weighted by molar-refractivity contribution is 5.81. The van der Waals surface area contributed by atoms with Crippen molar-refractivity contribution in [3.8, 4) is 0 Å². The van der Waals surface area contributed by atoms with Crippen LogP contribution in [-0.4, -0.2) is 34.8 Å². The van der Waals surface area contributed by atoms with E-state index in [-0.39, 0.29) is 0 Å². The topological polar surface area (TPSA) is 21.1 Å². The van der Waals surface area contributed by atoms with Gasteiger partial charge in [-0.2, -0.15) is 5.10 Å². The first-order valence-electron chi connectivity index (χ1n) is 6.38. The molecule has 17 heavy (non-hydrogen) atoms. The number of aryl methyl sites for hydroxylation is 1. The van der Waals surface area contributed by atoms with Gasteiger partial charge in [0.15, 0.2) is 0 Å². The Kier molecular flexibility index (Phi) is 2.63. The number of likely N-dealkylation sites (tertiary alicyclic amines) is 1. The van der Waals surface area contributed by atoms with Crippen molar-refractivity contribution < 1.29 is 0 Å². The highest BCUT2D eigenvalue weighted by Crippen LogP contribution is 2.27. The van der Waals surface area contributed by atoms with E-state index >= 15 is 0 Å². The van der Waals surface area contributed by atoms with Crippen LogP contribution in [0.5, 0.6) is 0 Å². The van der Waals surface area contributed by atoms with Crippen molar-refractivity contribution >= 4 is 10.9 Å². The van der Waals surface area contributed by atoms with Crippen LogP contribution in [0.15, 0.2) is 24.3 Å². The zero-order chi connectivity index (χ0) is 11.8. The number of fused-ring (bicyclic) bond motifs is 1. The summed E-state index contributed by atoms with van der Waals surface area (Å²) >= 11 is 0. The summed E-state index contributed by atoms with van der Waals surface area (Å²) in [6, 6.07) is 9.13. The van der Waals surface area contributed by atoms with Crippen molar-refractivity contribution in [2.45, 2.75) is 25.8 Å². The fraction of sp³-hybridized carbons (Fsp3) is 0.500. The maximum absolute atomic E-state index is 4.74. The van der Waals surface area contributed by atoms with Crippen molar-refractivity contribution in [2.75, 3.05) is 20.1 Å². The molecule has 1 fully saturated rings. The number of benzene rings is 1. The smallest absolute Gasteiger partial charge is 0.0688 e. The molecule has 0 radical (unpaired) electrons. The standard InChI is InChI=1S/C14H19N3/c1-11-13-5-3-4-6-14(13)17(15-11)12-7-9-16(2)10-8-12/h3-6,12H,7-10H2,1-2H3. The Morgan fingerprint density at radius 3 is 2.65 bits per heavy atom. The molecule has 1 aromatic carbocycles. The van der Waals surface area contributed by atoms with Crippen LogP contribution in [0.1, 0.15) is 24.6 Å². The molecule has 0 bridgehead atoms. The maximum Gasteiger partial charge on any atom is 0.0688 e. The summed E-state index contributed by atoms with van der Waals surface area (Å²) in [6.07, 6.45) is 2.42. The first-order valence-corrected chi connectivity index (χ1v) is 6.38. The van der Waals surface area contributed by atoms with Gasteiger partial charge in [0.1, 0.15) is 0 Å². The van der Waals surface area contributed by atoms with Crippen LogP contribution in [0, 0.1) is 6.92 Å². The van der Waals surface area contributed by atoms with Crippen molar-refractivity contribution in [1.82, 2.24) is 14.7 Å². The molecule has 0 atom stereocenters. The Balaban J connectivity index is 2.00. The van der Waals surface area contributed by atoms with Crippen LogP contribution >= 0.6 is 0 Å². The van der Waals surface area contributed by atoms with Crippen LogP contribution in [0.3, 0.4) is 0 Å². The van der Waals surface area contributed by atoms with Gasteiger partial charge in [-0.25, -0.2) is 0 Å². The Morgan fingerprint density at radius 2 is 1.88 bits per heavy atom. The minimum atomic E-state index is 0.574. The van der Waals surface area contributed by atoms with Crippen LogP contribution in [0.4, 0.5) is 0 Å². The van der Waals surface area contributed by atoms with Gasteiger partial charge in [0.25, 0.3) is 0 Å². The van der Waals surface area contributed by atoms with Crippen molar-refractivity contribution in [3.63, 3.8) is 0 Å². The summed E-state index contributed by atoms with van der Waals surface area (Å²) in [6.45, 7) is 4.46. The van der Waals surface area contributed by atoms with Crippen molar-refractivity contribution in [1.29, 1.82) is 0 Å². The van der Waals surface area contributed by atoms with E-state index in [2.05, 4.69) is 47.8 Å². The van der Waals surface area contributed by atoms with E-state index in [1.807, 2.05) is 0 Å². The second kappa shape index (κ2) is 4.15. The molecule has 2 aromatic rings. The minimum absolute atomic E-state index is 0.574. The number of nitrogens with zero attached hydrogens (tertiary/aromatic N) is 3. The van der Waals surface area contributed by atoms with E-state index in [0.717, 1.165) is 5.69 Å². The Morgan fingerprint density at radius 1 is 1.18 bits per heavy atom. The number of piperidine rings is 1. The SMILES string of the molecule is Cc1nn(C2CCN(C)CC2)c2ccccc12. The van der Waals surface area contributed by atoms with Crippen molar-refractivity contribution in [2.24, 2.45) is 0 Å². The molecule has 1 aromatic heterocycles. The van der Waals surface area contributed by atoms with Gasteiger partial charge in [-0.05, 0) is 46.0 Å². The summed E-state index contributed by atoms with van der Waals surface area (Å²) in [7, 11) is 2.20. The molecule has 0 aliphatic carbocycles. The van der Waals surface area contributed by atoms with Crippen LogP contribution in [0.25, 0.3) is 10.9 Å². The molecule has 0 unspecified atom stereocenters. The highest BCUT2D eigenvalue weighted by Gasteiger charge is 2.20. The van der Waals surface area contributed by atoms with E-state index in [1.54, 1.807) is 0 Å². The largest absolute Gasteiger partial charge is 0.306 e. The van der Waals surface area contributed by atoms with E-state index < -0.39 is 0 Å². The zero-order valence-corrected chi connectivity index (χ0v) is 10.6. The Bertz CT molecular complexity index is 521. The highest BCUT2D eigenvalue weighted by atomic mass is 15.3. The maximum atomic E-state index is 4.74. The van der Waals surface area contributed by atoms with Gasteiger partial charge in [-0.15, -0.1) is 0 Å². The summed E-state index contributed by atoms with van der Waals surface area (Å²) in [5.74, 6) is 0. The lowest BCUT2D eigenvalue weighted by atomic mass is 10.1. The number of aromatic nitrogens is 2. The fourth-order valence-corrected chi connectivity index (χ4v) is 2.77. The molecule has 0 spiro atoms. The molecule has 2 heterocycles. The monoisotopic (exact) mass is 229 g/mol. The number of hydrogen-bond acceptors (Lipinski definition) is 2. The van der Waals surface area contributed by atoms with E-state index in [4.69, 9.17) is 5.10 Å². The molecule has 1 saturated heterocycles. The van der Waals surface area contributed by atoms with Crippen LogP contribution in [-0.2, 0) is 0 Å². The van der Waals surface area contributed by atoms with Gasteiger partial charge in [0.2, 0.25) is 0 Å². The quantitative estimate of drug-likeness (QED) is 0.749. The van der Waals surface area contributed by atoms with E-state index in [9.17, 15) is 0 Å². The summed E-state index contributed by atoms with van der Waals surface area (Å²) < 4.78 is 2.25. The number of para-hydroxylation sites is 1. The molecular formula is C14H19N3. The predicted molar refractivity (Wildman–Crippen MR) is 70.2 cm³/mol. The Labute approximate surface area is 102 Å². The normalized spacial score (nSPS) is 18.9. The molecule has 0 amide bonds. The van der Waals surface area contributed by atoms with E-state index in [0.29, 0.717) is 6.04 Å². The molecule has 90 valence electrons. The van der Waals surface area contributed by atoms with Gasteiger partial charge < -0.3 is 4.90 Å². The van der Waals surface area contributed by atoms with Gasteiger partial charge in [0.05, 0.1) is 17.3 Å². The molecule has 0 N–H and O–H groups in total. The molecule has 3 heteroatoms. The van der Waals surface area contributed by atoms with Gasteiger partial charge >= 0.3 is 0 Å². The molecule has 3 nitrogen and oxygen atoms in total. The summed E-state index contributed by atoms with van der Waals surface area (Å²) in [4.78, 5) is 2.40. The summed E-state index contributed by atoms with van der Waals surface area (Å²) in [5.41, 5.74) is 2.44. The molecule has 1 aliphatic rings. The second-order valence-electron chi connectivity index (χ2n) is 5.08. The minimum Gasteiger partial charge on any atom is -0.306 e. The average molecular weight is 229 g/mol. The molecule has 0 saturated carbocycles. The first kappa shape index (κ1) is 10.8. The van der Waals surface area contributed by atoms with Crippen molar-refractivity contribution in [3.05, 3.63) is 30.0 Å². The number of rotatable bonds is 1. The van der Waals surface area contributed by atoms with Gasteiger partial charge in [-0.1, -0.05) is 18.2 Å². The van der Waals surface area contributed by atoms with E-state index in [1.165, 1.54) is 36.8 Å². The third-order valence-corrected chi connectivity index (χ3v) is 3.83. The first-order chi connectivity index (χ1) is 8.25. The lowest BCUT2D eigenvalue weighted by molar-refractivity contribution is 0.215.